The van der Waals surface area contributed by atoms with Crippen molar-refractivity contribution in [2.75, 3.05) is 19.7 Å². The van der Waals surface area contributed by atoms with E-state index in [9.17, 15) is 0 Å². The molecule has 0 spiro atoms. The van der Waals surface area contributed by atoms with Crippen LogP contribution in [0.15, 0.2) is 28.7 Å². The third-order valence-electron chi connectivity index (χ3n) is 2.07. The summed E-state index contributed by atoms with van der Waals surface area (Å²) < 4.78 is 6.66. The lowest BCUT2D eigenvalue weighted by atomic mass is 10.2. The van der Waals surface area contributed by atoms with Crippen LogP contribution in [0.4, 0.5) is 0 Å². The van der Waals surface area contributed by atoms with Gasteiger partial charge >= 0.3 is 0 Å². The lowest BCUT2D eigenvalue weighted by Gasteiger charge is -2.04. The van der Waals surface area contributed by atoms with Crippen LogP contribution in [0.1, 0.15) is 18.9 Å². The molecule has 0 saturated heterocycles. The Balaban J connectivity index is 2.07. The molecule has 15 heavy (non-hydrogen) atoms. The third kappa shape index (κ3) is 5.92. The first kappa shape index (κ1) is 12.7. The number of ether oxygens (including phenoxy) is 1. The van der Waals surface area contributed by atoms with E-state index in [2.05, 4.69) is 40.3 Å². The number of rotatable bonds is 7. The second-order valence-electron chi connectivity index (χ2n) is 3.39. The topological polar surface area (TPSA) is 21.3 Å². The van der Waals surface area contributed by atoms with Crippen LogP contribution < -0.4 is 5.32 Å². The molecule has 1 N–H and O–H groups in total. The van der Waals surface area contributed by atoms with Crippen molar-refractivity contribution in [2.24, 2.45) is 0 Å². The van der Waals surface area contributed by atoms with Crippen LogP contribution in [0.3, 0.4) is 0 Å². The molecule has 1 aromatic carbocycles. The highest BCUT2D eigenvalue weighted by atomic mass is 79.9. The van der Waals surface area contributed by atoms with E-state index in [-0.39, 0.29) is 0 Å². The second-order valence-corrected chi connectivity index (χ2v) is 4.30. The molecule has 2 nitrogen and oxygen atoms in total. The highest BCUT2D eigenvalue weighted by molar-refractivity contribution is 9.10. The number of hydrogen-bond acceptors (Lipinski definition) is 2. The molecule has 0 amide bonds. The smallest absolute Gasteiger partial charge is 0.0716 e. The van der Waals surface area contributed by atoms with E-state index in [4.69, 9.17) is 4.74 Å². The van der Waals surface area contributed by atoms with Gasteiger partial charge in [-0.3, -0.25) is 0 Å². The van der Waals surface area contributed by atoms with Crippen LogP contribution in [0, 0.1) is 0 Å². The minimum Gasteiger partial charge on any atom is -0.377 e. The highest BCUT2D eigenvalue weighted by Gasteiger charge is 1.93. The average Bonchev–Trinajstić information content (AvgIpc) is 2.26. The zero-order valence-electron chi connectivity index (χ0n) is 9.13. The third-order valence-corrected chi connectivity index (χ3v) is 2.60. The Hall–Kier alpha value is -0.380. The summed E-state index contributed by atoms with van der Waals surface area (Å²) in [6, 6.07) is 8.23. The van der Waals surface area contributed by atoms with Gasteiger partial charge in [0.05, 0.1) is 6.61 Å². The summed E-state index contributed by atoms with van der Waals surface area (Å²) in [5, 5.41) is 3.27. The molecule has 0 fully saturated rings. The van der Waals surface area contributed by atoms with Crippen LogP contribution in [-0.2, 0) is 11.3 Å². The molecule has 0 unspecified atom stereocenters. The van der Waals surface area contributed by atoms with E-state index >= 15 is 0 Å². The lowest BCUT2D eigenvalue weighted by molar-refractivity contribution is 0.118. The summed E-state index contributed by atoms with van der Waals surface area (Å²) in [5.74, 6) is 0. The van der Waals surface area contributed by atoms with Gasteiger partial charge < -0.3 is 10.1 Å². The van der Waals surface area contributed by atoms with E-state index in [0.29, 0.717) is 6.61 Å². The largest absolute Gasteiger partial charge is 0.377 e. The van der Waals surface area contributed by atoms with Crippen molar-refractivity contribution >= 4 is 15.9 Å². The van der Waals surface area contributed by atoms with E-state index in [1.54, 1.807) is 0 Å². The molecule has 0 aliphatic rings. The van der Waals surface area contributed by atoms with Crippen LogP contribution in [0.2, 0.25) is 0 Å². The summed E-state index contributed by atoms with van der Waals surface area (Å²) >= 11 is 3.41. The lowest BCUT2D eigenvalue weighted by Crippen LogP contribution is -2.15. The van der Waals surface area contributed by atoms with E-state index in [0.717, 1.165) is 30.6 Å². The van der Waals surface area contributed by atoms with Crippen LogP contribution in [0.5, 0.6) is 0 Å². The Morgan fingerprint density at radius 1 is 1.27 bits per heavy atom. The van der Waals surface area contributed by atoms with Crippen LogP contribution in [-0.4, -0.2) is 19.7 Å². The van der Waals surface area contributed by atoms with Crippen LogP contribution in [0.25, 0.3) is 0 Å². The molecule has 0 heterocycles. The van der Waals surface area contributed by atoms with Gasteiger partial charge in [-0.2, -0.15) is 0 Å². The first-order valence-corrected chi connectivity index (χ1v) is 6.15. The fourth-order valence-electron chi connectivity index (χ4n) is 1.25. The predicted octanol–water partition coefficient (Wildman–Crippen LogP) is 2.97. The van der Waals surface area contributed by atoms with E-state index in [1.165, 1.54) is 5.56 Å². The molecule has 0 atom stereocenters. The van der Waals surface area contributed by atoms with Gasteiger partial charge in [-0.05, 0) is 37.2 Å². The fourth-order valence-corrected chi connectivity index (χ4v) is 1.51. The highest BCUT2D eigenvalue weighted by Crippen LogP contribution is 2.11. The van der Waals surface area contributed by atoms with Gasteiger partial charge in [-0.25, -0.2) is 0 Å². The average molecular weight is 272 g/mol. The number of hydrogen-bond donors (Lipinski definition) is 1. The molecule has 0 aliphatic carbocycles. The minimum absolute atomic E-state index is 0.708. The molecular weight excluding hydrogens is 254 g/mol. The summed E-state index contributed by atoms with van der Waals surface area (Å²) in [5.41, 5.74) is 1.22. The maximum Gasteiger partial charge on any atom is 0.0716 e. The Morgan fingerprint density at radius 2 is 2.00 bits per heavy atom. The van der Waals surface area contributed by atoms with Gasteiger partial charge in [0, 0.05) is 11.1 Å². The number of benzene rings is 1. The van der Waals surface area contributed by atoms with Crippen molar-refractivity contribution in [3.63, 3.8) is 0 Å². The molecule has 1 rings (SSSR count). The van der Waals surface area contributed by atoms with E-state index in [1.807, 2.05) is 12.1 Å². The zero-order valence-corrected chi connectivity index (χ0v) is 10.7. The van der Waals surface area contributed by atoms with E-state index < -0.39 is 0 Å². The Bertz CT molecular complexity index is 261. The summed E-state index contributed by atoms with van der Waals surface area (Å²) in [7, 11) is 0. The standard InChI is InChI=1S/C12H18BrNO/c1-2-14-8-3-9-15-10-11-4-6-12(13)7-5-11/h4-7,14H,2-3,8-10H2,1H3. The number of halogens is 1. The van der Waals surface area contributed by atoms with Crippen molar-refractivity contribution in [1.29, 1.82) is 0 Å². The molecule has 0 aliphatic heterocycles. The molecular formula is C12H18BrNO. The van der Waals surface area contributed by atoms with Crippen molar-refractivity contribution in [3.8, 4) is 0 Å². The molecule has 1 aromatic rings. The molecule has 0 radical (unpaired) electrons. The van der Waals surface area contributed by atoms with Gasteiger partial charge in [0.2, 0.25) is 0 Å². The molecule has 0 saturated carbocycles. The van der Waals surface area contributed by atoms with Gasteiger partial charge in [0.1, 0.15) is 0 Å². The van der Waals surface area contributed by atoms with Gasteiger partial charge in [0.25, 0.3) is 0 Å². The summed E-state index contributed by atoms with van der Waals surface area (Å²) in [6.07, 6.45) is 1.07. The quantitative estimate of drug-likeness (QED) is 0.770. The van der Waals surface area contributed by atoms with Gasteiger partial charge in [0.15, 0.2) is 0 Å². The fraction of sp³-hybridized carbons (Fsp3) is 0.500. The molecule has 0 aromatic heterocycles. The zero-order chi connectivity index (χ0) is 10.9. The second kappa shape index (κ2) is 7.85. The predicted molar refractivity (Wildman–Crippen MR) is 67.0 cm³/mol. The van der Waals surface area contributed by atoms with Crippen molar-refractivity contribution in [3.05, 3.63) is 34.3 Å². The molecule has 3 heteroatoms. The Kier molecular flexibility index (Phi) is 6.64. The van der Waals surface area contributed by atoms with Crippen molar-refractivity contribution in [2.45, 2.75) is 20.0 Å². The Morgan fingerprint density at radius 3 is 2.67 bits per heavy atom. The monoisotopic (exact) mass is 271 g/mol. The van der Waals surface area contributed by atoms with Crippen LogP contribution >= 0.6 is 15.9 Å². The van der Waals surface area contributed by atoms with Gasteiger partial charge in [-0.1, -0.05) is 35.0 Å². The number of nitrogens with one attached hydrogen (secondary N) is 1. The van der Waals surface area contributed by atoms with Gasteiger partial charge in [-0.15, -0.1) is 0 Å². The molecule has 0 bridgehead atoms. The first-order chi connectivity index (χ1) is 7.33. The van der Waals surface area contributed by atoms with Crippen molar-refractivity contribution < 1.29 is 4.74 Å². The first-order valence-electron chi connectivity index (χ1n) is 5.36. The maximum absolute atomic E-state index is 5.55. The summed E-state index contributed by atoms with van der Waals surface area (Å²) in [6.45, 7) is 5.72. The minimum atomic E-state index is 0.708. The Labute approximate surface area is 100 Å². The van der Waals surface area contributed by atoms with Crippen molar-refractivity contribution in [1.82, 2.24) is 5.32 Å². The summed E-state index contributed by atoms with van der Waals surface area (Å²) in [4.78, 5) is 0. The normalized spacial score (nSPS) is 10.5. The molecule has 84 valence electrons. The maximum atomic E-state index is 5.55. The SMILES string of the molecule is CCNCCCOCc1ccc(Br)cc1.